The second-order valence-electron chi connectivity index (χ2n) is 5.18. The molecule has 25 heavy (non-hydrogen) atoms. The van der Waals surface area contributed by atoms with Crippen LogP contribution in [0.4, 0.5) is 8.78 Å². The average Bonchev–Trinajstić information content (AvgIpc) is 2.97. The maximum Gasteiger partial charge on any atom is 0.388 e. The third-order valence-corrected chi connectivity index (χ3v) is 5.22. The standard InChI is InChI=1S/C15H14F2N4O3S/c1-8-7-9(3-4-11(8)25(22,23)18-2)13-12-10(5-6-19-13)20-21-14(12)24-15(16)17/h3-7,15,18H,1-2H3,(H,20,21). The highest BCUT2D eigenvalue weighted by molar-refractivity contribution is 7.89. The number of aryl methyl sites for hydroxylation is 1. The number of hydrogen-bond donors (Lipinski definition) is 2. The Morgan fingerprint density at radius 3 is 2.68 bits per heavy atom. The van der Waals surface area contributed by atoms with Crippen molar-refractivity contribution >= 4 is 20.9 Å². The fourth-order valence-corrected chi connectivity index (χ4v) is 3.48. The normalized spacial score (nSPS) is 12.0. The summed E-state index contributed by atoms with van der Waals surface area (Å²) in [6.07, 6.45) is 1.50. The third kappa shape index (κ3) is 3.17. The summed E-state index contributed by atoms with van der Waals surface area (Å²) in [4.78, 5) is 4.35. The van der Waals surface area contributed by atoms with Crippen LogP contribution < -0.4 is 9.46 Å². The van der Waals surface area contributed by atoms with Gasteiger partial charge in [0.05, 0.1) is 21.5 Å². The second kappa shape index (κ2) is 6.37. The first-order chi connectivity index (χ1) is 11.8. The van der Waals surface area contributed by atoms with Crippen LogP contribution in [0.3, 0.4) is 0 Å². The van der Waals surface area contributed by atoms with Gasteiger partial charge in [-0.1, -0.05) is 6.07 Å². The molecule has 2 N–H and O–H groups in total. The number of fused-ring (bicyclic) bond motifs is 1. The summed E-state index contributed by atoms with van der Waals surface area (Å²) in [5, 5.41) is 6.65. The quantitative estimate of drug-likeness (QED) is 0.721. The van der Waals surface area contributed by atoms with Crippen LogP contribution in [-0.2, 0) is 10.0 Å². The first-order valence-corrected chi connectivity index (χ1v) is 8.64. The minimum absolute atomic E-state index is 0.127. The number of nitrogens with zero attached hydrogens (tertiary/aromatic N) is 2. The summed E-state index contributed by atoms with van der Waals surface area (Å²) >= 11 is 0. The van der Waals surface area contributed by atoms with Crippen LogP contribution in [0.1, 0.15) is 5.56 Å². The molecule has 0 atom stereocenters. The second-order valence-corrected chi connectivity index (χ2v) is 7.03. The number of benzene rings is 1. The number of aromatic amines is 1. The van der Waals surface area contributed by atoms with Crippen LogP contribution in [-0.4, -0.2) is 37.3 Å². The maximum absolute atomic E-state index is 12.6. The van der Waals surface area contributed by atoms with Crippen LogP contribution in [0.25, 0.3) is 22.2 Å². The molecule has 0 amide bonds. The van der Waals surface area contributed by atoms with Crippen molar-refractivity contribution in [3.8, 4) is 17.1 Å². The lowest BCUT2D eigenvalue weighted by molar-refractivity contribution is -0.0518. The summed E-state index contributed by atoms with van der Waals surface area (Å²) in [6.45, 7) is -1.38. The van der Waals surface area contributed by atoms with Crippen LogP contribution in [0.5, 0.6) is 5.88 Å². The van der Waals surface area contributed by atoms with Crippen molar-refractivity contribution in [1.29, 1.82) is 0 Å². The van der Waals surface area contributed by atoms with Crippen LogP contribution in [0.2, 0.25) is 0 Å². The number of hydrogen-bond acceptors (Lipinski definition) is 5. The summed E-state index contributed by atoms with van der Waals surface area (Å²) in [6, 6.07) is 6.19. The highest BCUT2D eigenvalue weighted by Gasteiger charge is 2.19. The van der Waals surface area contributed by atoms with Gasteiger partial charge >= 0.3 is 6.61 Å². The molecule has 132 valence electrons. The van der Waals surface area contributed by atoms with Crippen molar-refractivity contribution in [2.24, 2.45) is 0 Å². The van der Waals surface area contributed by atoms with Crippen molar-refractivity contribution in [3.63, 3.8) is 0 Å². The van der Waals surface area contributed by atoms with Gasteiger partial charge in [-0.2, -0.15) is 8.78 Å². The molecule has 0 fully saturated rings. The smallest absolute Gasteiger partial charge is 0.388 e. The molecule has 1 aromatic carbocycles. The molecule has 2 aromatic heterocycles. The Morgan fingerprint density at radius 1 is 1.28 bits per heavy atom. The van der Waals surface area contributed by atoms with E-state index in [1.54, 1.807) is 25.1 Å². The molecular weight excluding hydrogens is 354 g/mol. The first kappa shape index (κ1) is 17.2. The van der Waals surface area contributed by atoms with E-state index in [0.717, 1.165) is 0 Å². The molecule has 0 aliphatic heterocycles. The van der Waals surface area contributed by atoms with Gasteiger partial charge in [0, 0.05) is 11.8 Å². The molecule has 3 rings (SSSR count). The van der Waals surface area contributed by atoms with Gasteiger partial charge < -0.3 is 4.74 Å². The summed E-state index contributed by atoms with van der Waals surface area (Å²) in [5.41, 5.74) is 1.88. The number of rotatable bonds is 5. The highest BCUT2D eigenvalue weighted by atomic mass is 32.2. The monoisotopic (exact) mass is 368 g/mol. The van der Waals surface area contributed by atoms with Crippen molar-refractivity contribution in [2.75, 3.05) is 7.05 Å². The Bertz CT molecular complexity index is 1030. The number of aromatic nitrogens is 3. The topological polar surface area (TPSA) is 97.0 Å². The van der Waals surface area contributed by atoms with Crippen molar-refractivity contribution in [2.45, 2.75) is 18.4 Å². The van der Waals surface area contributed by atoms with E-state index in [-0.39, 0.29) is 10.8 Å². The highest BCUT2D eigenvalue weighted by Crippen LogP contribution is 2.33. The molecule has 0 saturated heterocycles. The molecule has 0 spiro atoms. The predicted molar refractivity (Wildman–Crippen MR) is 86.9 cm³/mol. The summed E-state index contributed by atoms with van der Waals surface area (Å²) in [5.74, 6) is -0.266. The fraction of sp³-hybridized carbons (Fsp3) is 0.200. The number of pyridine rings is 1. The number of ether oxygens (including phenoxy) is 1. The maximum atomic E-state index is 12.6. The van der Waals surface area contributed by atoms with E-state index in [0.29, 0.717) is 27.7 Å². The van der Waals surface area contributed by atoms with Gasteiger partial charge in [-0.05, 0) is 37.7 Å². The molecule has 10 heteroatoms. The Labute approximate surface area is 142 Å². The van der Waals surface area contributed by atoms with Gasteiger partial charge in [0.2, 0.25) is 15.9 Å². The molecule has 0 unspecified atom stereocenters. The molecule has 2 heterocycles. The van der Waals surface area contributed by atoms with Gasteiger partial charge in [-0.3, -0.25) is 10.1 Å². The third-order valence-electron chi connectivity index (χ3n) is 3.65. The number of halogens is 2. The van der Waals surface area contributed by atoms with Crippen LogP contribution in [0.15, 0.2) is 35.4 Å². The molecule has 0 aliphatic rings. The molecule has 0 radical (unpaired) electrons. The number of H-pyrrole nitrogens is 1. The summed E-state index contributed by atoms with van der Waals surface area (Å²) < 4.78 is 55.8. The van der Waals surface area contributed by atoms with Crippen molar-refractivity contribution in [1.82, 2.24) is 19.9 Å². The van der Waals surface area contributed by atoms with Gasteiger partial charge in [0.15, 0.2) is 0 Å². The lowest BCUT2D eigenvalue weighted by Gasteiger charge is -2.10. The van der Waals surface area contributed by atoms with Crippen molar-refractivity contribution in [3.05, 3.63) is 36.0 Å². The molecule has 3 aromatic rings. The molecule has 7 nitrogen and oxygen atoms in total. The zero-order chi connectivity index (χ0) is 18.2. The van der Waals surface area contributed by atoms with Gasteiger partial charge in [0.1, 0.15) is 0 Å². The molecule has 0 aliphatic carbocycles. The molecule has 0 saturated carbocycles. The van der Waals surface area contributed by atoms with Gasteiger partial charge in [0.25, 0.3) is 0 Å². The minimum Gasteiger partial charge on any atom is -0.415 e. The minimum atomic E-state index is -3.60. The average molecular weight is 368 g/mol. The van der Waals surface area contributed by atoms with E-state index in [9.17, 15) is 17.2 Å². The Hall–Kier alpha value is -2.59. The zero-order valence-electron chi connectivity index (χ0n) is 13.2. The van der Waals surface area contributed by atoms with E-state index < -0.39 is 16.6 Å². The summed E-state index contributed by atoms with van der Waals surface area (Å²) in [7, 11) is -2.27. The lowest BCUT2D eigenvalue weighted by atomic mass is 10.1. The Kier molecular flexibility index (Phi) is 4.39. The van der Waals surface area contributed by atoms with Gasteiger partial charge in [-0.15, -0.1) is 5.10 Å². The molecular formula is C15H14F2N4O3S. The zero-order valence-corrected chi connectivity index (χ0v) is 14.1. The first-order valence-electron chi connectivity index (χ1n) is 7.16. The Morgan fingerprint density at radius 2 is 2.04 bits per heavy atom. The largest absolute Gasteiger partial charge is 0.415 e. The van der Waals surface area contributed by atoms with E-state index >= 15 is 0 Å². The van der Waals surface area contributed by atoms with E-state index in [1.807, 2.05) is 0 Å². The van der Waals surface area contributed by atoms with E-state index in [4.69, 9.17) is 0 Å². The lowest BCUT2D eigenvalue weighted by Crippen LogP contribution is -2.19. The predicted octanol–water partition coefficient (Wildman–Crippen LogP) is 2.44. The van der Waals surface area contributed by atoms with Crippen molar-refractivity contribution < 1.29 is 21.9 Å². The van der Waals surface area contributed by atoms with E-state index in [2.05, 4.69) is 24.6 Å². The number of sulfonamides is 1. The van der Waals surface area contributed by atoms with E-state index in [1.165, 1.54) is 19.3 Å². The fourth-order valence-electron chi connectivity index (χ4n) is 2.54. The number of nitrogens with one attached hydrogen (secondary N) is 2. The SMILES string of the molecule is CNS(=O)(=O)c1ccc(-c2nccc3[nH]nc(OC(F)F)c23)cc1C. The molecule has 0 bridgehead atoms. The Balaban J connectivity index is 2.17. The van der Waals surface area contributed by atoms with Crippen LogP contribution in [0, 0.1) is 6.92 Å². The number of alkyl halides is 2. The van der Waals surface area contributed by atoms with Crippen LogP contribution >= 0.6 is 0 Å². The van der Waals surface area contributed by atoms with Gasteiger partial charge in [-0.25, -0.2) is 13.1 Å².